The summed E-state index contributed by atoms with van der Waals surface area (Å²) in [4.78, 5) is 1.98. The second-order valence-electron chi connectivity index (χ2n) is 2.77. The number of nitrogens with zero attached hydrogens (tertiary/aromatic N) is 5. The van der Waals surface area contributed by atoms with Gasteiger partial charge in [-0.3, -0.25) is 0 Å². The highest BCUT2D eigenvalue weighted by molar-refractivity contribution is 6.18. The molecule has 1 rings (SSSR count). The standard InChI is InChI=1S/C7H14ClN5O/c1-12-7(9-10-11-12)13(4-3-8)5-6-14-2/h3-6H2,1-2H3. The average molecular weight is 220 g/mol. The third-order valence-corrected chi connectivity index (χ3v) is 1.97. The molecule has 0 aliphatic heterocycles. The van der Waals surface area contributed by atoms with Crippen LogP contribution in [-0.4, -0.2) is 52.9 Å². The van der Waals surface area contributed by atoms with Crippen molar-refractivity contribution >= 4 is 17.5 Å². The summed E-state index contributed by atoms with van der Waals surface area (Å²) < 4.78 is 6.61. The van der Waals surface area contributed by atoms with E-state index in [9.17, 15) is 0 Å². The van der Waals surface area contributed by atoms with E-state index in [4.69, 9.17) is 16.3 Å². The molecule has 0 atom stereocenters. The largest absolute Gasteiger partial charge is 0.383 e. The zero-order valence-electron chi connectivity index (χ0n) is 8.35. The zero-order valence-corrected chi connectivity index (χ0v) is 9.11. The van der Waals surface area contributed by atoms with Crippen LogP contribution in [0.3, 0.4) is 0 Å². The number of tetrazole rings is 1. The van der Waals surface area contributed by atoms with Crippen molar-refractivity contribution in [3.8, 4) is 0 Å². The van der Waals surface area contributed by atoms with E-state index in [2.05, 4.69) is 15.5 Å². The van der Waals surface area contributed by atoms with Crippen molar-refractivity contribution in [3.63, 3.8) is 0 Å². The molecule has 0 aliphatic rings. The van der Waals surface area contributed by atoms with Gasteiger partial charge in [0, 0.05) is 33.1 Å². The van der Waals surface area contributed by atoms with Crippen LogP contribution in [0.5, 0.6) is 0 Å². The first-order chi connectivity index (χ1) is 6.79. The van der Waals surface area contributed by atoms with E-state index in [1.807, 2.05) is 4.90 Å². The van der Waals surface area contributed by atoms with Gasteiger partial charge < -0.3 is 9.64 Å². The molecule has 0 unspecified atom stereocenters. The Morgan fingerprint density at radius 2 is 2.29 bits per heavy atom. The molecule has 0 aromatic carbocycles. The fourth-order valence-corrected chi connectivity index (χ4v) is 1.31. The highest BCUT2D eigenvalue weighted by Gasteiger charge is 2.11. The van der Waals surface area contributed by atoms with Gasteiger partial charge in [-0.15, -0.1) is 11.6 Å². The molecule has 1 heterocycles. The lowest BCUT2D eigenvalue weighted by Gasteiger charge is -2.20. The summed E-state index contributed by atoms with van der Waals surface area (Å²) in [7, 11) is 3.46. The Balaban J connectivity index is 2.62. The minimum Gasteiger partial charge on any atom is -0.383 e. The first-order valence-corrected chi connectivity index (χ1v) is 4.85. The summed E-state index contributed by atoms with van der Waals surface area (Å²) in [5.74, 6) is 1.25. The summed E-state index contributed by atoms with van der Waals surface area (Å²) in [6.45, 7) is 2.07. The molecule has 0 saturated carbocycles. The van der Waals surface area contributed by atoms with E-state index in [1.54, 1.807) is 18.8 Å². The van der Waals surface area contributed by atoms with Gasteiger partial charge in [-0.1, -0.05) is 5.10 Å². The molecule has 1 aromatic heterocycles. The molecule has 0 aliphatic carbocycles. The van der Waals surface area contributed by atoms with Gasteiger partial charge in [0.2, 0.25) is 5.95 Å². The smallest absolute Gasteiger partial charge is 0.245 e. The van der Waals surface area contributed by atoms with E-state index in [0.29, 0.717) is 25.0 Å². The lowest BCUT2D eigenvalue weighted by Crippen LogP contribution is -2.31. The van der Waals surface area contributed by atoms with E-state index < -0.39 is 0 Å². The van der Waals surface area contributed by atoms with Gasteiger partial charge >= 0.3 is 0 Å². The van der Waals surface area contributed by atoms with Gasteiger partial charge in [0.05, 0.1) is 6.61 Å². The number of aryl methyl sites for hydroxylation is 1. The molecule has 0 bridgehead atoms. The molecular formula is C7H14ClN5O. The lowest BCUT2D eigenvalue weighted by molar-refractivity contribution is 0.205. The monoisotopic (exact) mass is 219 g/mol. The maximum absolute atomic E-state index is 5.68. The lowest BCUT2D eigenvalue weighted by atomic mass is 10.5. The van der Waals surface area contributed by atoms with Crippen LogP contribution in [0.4, 0.5) is 5.95 Å². The summed E-state index contributed by atoms with van der Waals surface area (Å²) in [5.41, 5.74) is 0. The fraction of sp³-hybridized carbons (Fsp3) is 0.857. The van der Waals surface area contributed by atoms with Crippen LogP contribution in [-0.2, 0) is 11.8 Å². The van der Waals surface area contributed by atoms with E-state index >= 15 is 0 Å². The van der Waals surface area contributed by atoms with Crippen LogP contribution < -0.4 is 4.90 Å². The molecule has 0 saturated heterocycles. The van der Waals surface area contributed by atoms with Crippen LogP contribution in [0, 0.1) is 0 Å². The van der Waals surface area contributed by atoms with Gasteiger partial charge in [0.1, 0.15) is 0 Å². The molecule has 14 heavy (non-hydrogen) atoms. The number of hydrogen-bond donors (Lipinski definition) is 0. The second-order valence-corrected chi connectivity index (χ2v) is 3.15. The normalized spacial score (nSPS) is 10.5. The van der Waals surface area contributed by atoms with Crippen molar-refractivity contribution in [2.45, 2.75) is 0 Å². The minimum atomic E-state index is 0.538. The Kier molecular flexibility index (Phi) is 4.61. The quantitative estimate of drug-likeness (QED) is 0.626. The predicted octanol–water partition coefficient (Wildman–Crippen LogP) is -0.0983. The third-order valence-electron chi connectivity index (χ3n) is 1.80. The van der Waals surface area contributed by atoms with Crippen LogP contribution in [0.15, 0.2) is 0 Å². The van der Waals surface area contributed by atoms with Crippen molar-refractivity contribution in [2.75, 3.05) is 37.6 Å². The highest BCUT2D eigenvalue weighted by atomic mass is 35.5. The number of halogens is 1. The van der Waals surface area contributed by atoms with Crippen LogP contribution in [0.2, 0.25) is 0 Å². The molecule has 0 amide bonds. The summed E-state index contributed by atoms with van der Waals surface area (Å²) in [5, 5.41) is 11.2. The van der Waals surface area contributed by atoms with Crippen molar-refractivity contribution < 1.29 is 4.74 Å². The van der Waals surface area contributed by atoms with Crippen LogP contribution >= 0.6 is 11.6 Å². The Hall–Kier alpha value is -0.880. The Morgan fingerprint density at radius 1 is 1.50 bits per heavy atom. The number of methoxy groups -OCH3 is 1. The maximum Gasteiger partial charge on any atom is 0.245 e. The number of hydrogen-bond acceptors (Lipinski definition) is 5. The SMILES string of the molecule is COCCN(CCCl)c1nnnn1C. The number of anilines is 1. The van der Waals surface area contributed by atoms with E-state index in [-0.39, 0.29) is 0 Å². The average Bonchev–Trinajstić information content (AvgIpc) is 2.59. The third kappa shape index (κ3) is 2.81. The number of rotatable bonds is 6. The highest BCUT2D eigenvalue weighted by Crippen LogP contribution is 2.05. The first-order valence-electron chi connectivity index (χ1n) is 4.31. The van der Waals surface area contributed by atoms with E-state index in [0.717, 1.165) is 6.54 Å². The van der Waals surface area contributed by atoms with Gasteiger partial charge in [-0.25, -0.2) is 4.68 Å². The maximum atomic E-state index is 5.68. The molecular weight excluding hydrogens is 206 g/mol. The van der Waals surface area contributed by atoms with Crippen LogP contribution in [0.1, 0.15) is 0 Å². The Bertz CT molecular complexity index is 266. The molecule has 6 nitrogen and oxygen atoms in total. The van der Waals surface area contributed by atoms with E-state index in [1.165, 1.54) is 0 Å². The predicted molar refractivity (Wildman–Crippen MR) is 53.6 cm³/mol. The number of aromatic nitrogens is 4. The van der Waals surface area contributed by atoms with Crippen LogP contribution in [0.25, 0.3) is 0 Å². The molecule has 0 fully saturated rings. The van der Waals surface area contributed by atoms with Gasteiger partial charge in [-0.05, 0) is 10.4 Å². The topological polar surface area (TPSA) is 56.1 Å². The minimum absolute atomic E-state index is 0.538. The zero-order chi connectivity index (χ0) is 10.4. The van der Waals surface area contributed by atoms with Gasteiger partial charge in [-0.2, -0.15) is 0 Å². The van der Waals surface area contributed by atoms with Gasteiger partial charge in [0.25, 0.3) is 0 Å². The summed E-state index contributed by atoms with van der Waals surface area (Å²) in [6, 6.07) is 0. The van der Waals surface area contributed by atoms with Crippen molar-refractivity contribution in [2.24, 2.45) is 7.05 Å². The summed E-state index contributed by atoms with van der Waals surface area (Å²) in [6.07, 6.45) is 0. The molecule has 0 N–H and O–H groups in total. The Morgan fingerprint density at radius 3 is 2.79 bits per heavy atom. The number of alkyl halides is 1. The molecule has 0 spiro atoms. The molecule has 0 radical (unpaired) electrons. The molecule has 80 valence electrons. The van der Waals surface area contributed by atoms with Crippen molar-refractivity contribution in [3.05, 3.63) is 0 Å². The van der Waals surface area contributed by atoms with Crippen molar-refractivity contribution in [1.29, 1.82) is 0 Å². The first kappa shape index (κ1) is 11.2. The molecule has 7 heteroatoms. The number of ether oxygens (including phenoxy) is 1. The Labute approximate surface area is 87.8 Å². The summed E-state index contributed by atoms with van der Waals surface area (Å²) >= 11 is 5.68. The second kappa shape index (κ2) is 5.77. The van der Waals surface area contributed by atoms with Crippen molar-refractivity contribution in [1.82, 2.24) is 20.2 Å². The molecule has 1 aromatic rings. The van der Waals surface area contributed by atoms with Gasteiger partial charge in [0.15, 0.2) is 0 Å². The fourth-order valence-electron chi connectivity index (χ4n) is 1.11.